The highest BCUT2D eigenvalue weighted by atomic mass is 32.2. The molecule has 6 heteroatoms. The molecule has 1 saturated heterocycles. The van der Waals surface area contributed by atoms with Gasteiger partial charge in [-0.15, -0.1) is 11.3 Å². The zero-order chi connectivity index (χ0) is 13.9. The highest BCUT2D eigenvalue weighted by molar-refractivity contribution is 7.99. The number of carbonyl (C=O) groups excluding carboxylic acids is 1. The van der Waals surface area contributed by atoms with Crippen molar-refractivity contribution in [2.75, 3.05) is 23.4 Å². The molecular weight excluding hydrogens is 292 g/mol. The molecule has 4 nitrogen and oxygen atoms in total. The number of aromatic nitrogens is 1. The number of hydrogen-bond donors (Lipinski definition) is 1. The molecule has 0 radical (unpaired) electrons. The quantitative estimate of drug-likeness (QED) is 0.866. The van der Waals surface area contributed by atoms with Gasteiger partial charge in [-0.25, -0.2) is 4.98 Å². The van der Waals surface area contributed by atoms with Crippen molar-refractivity contribution in [3.63, 3.8) is 0 Å². The standard InChI is InChI=1S/C14H20N2O2S2/c1-2-18-13(17)10-5-6-11-12(10)16-14(20-11)15-9-4-3-7-19-8-9/h9-10H,2-8H2,1H3,(H,15,16). The van der Waals surface area contributed by atoms with Crippen LogP contribution >= 0.6 is 23.1 Å². The molecular formula is C14H20N2O2S2. The van der Waals surface area contributed by atoms with Gasteiger partial charge < -0.3 is 10.1 Å². The van der Waals surface area contributed by atoms with Gasteiger partial charge in [-0.05, 0) is 38.4 Å². The van der Waals surface area contributed by atoms with Crippen LogP contribution < -0.4 is 5.32 Å². The monoisotopic (exact) mass is 312 g/mol. The van der Waals surface area contributed by atoms with Crippen molar-refractivity contribution in [1.82, 2.24) is 4.98 Å². The zero-order valence-corrected chi connectivity index (χ0v) is 13.3. The fraction of sp³-hybridized carbons (Fsp3) is 0.714. The van der Waals surface area contributed by atoms with Crippen LogP contribution in [-0.2, 0) is 16.0 Å². The van der Waals surface area contributed by atoms with E-state index < -0.39 is 0 Å². The first-order valence-electron chi connectivity index (χ1n) is 7.28. The van der Waals surface area contributed by atoms with E-state index in [4.69, 9.17) is 4.74 Å². The van der Waals surface area contributed by atoms with Crippen molar-refractivity contribution < 1.29 is 9.53 Å². The van der Waals surface area contributed by atoms with Crippen LogP contribution in [0.5, 0.6) is 0 Å². The predicted molar refractivity (Wildman–Crippen MR) is 83.8 cm³/mol. The summed E-state index contributed by atoms with van der Waals surface area (Å²) in [6, 6.07) is 0.529. The first-order valence-corrected chi connectivity index (χ1v) is 9.25. The number of anilines is 1. The van der Waals surface area contributed by atoms with Crippen LogP contribution in [0.25, 0.3) is 0 Å². The van der Waals surface area contributed by atoms with E-state index in [1.54, 1.807) is 11.3 Å². The number of ether oxygens (including phenoxy) is 1. The van der Waals surface area contributed by atoms with E-state index in [1.165, 1.54) is 23.5 Å². The van der Waals surface area contributed by atoms with Crippen LogP contribution in [-0.4, -0.2) is 35.1 Å². The summed E-state index contributed by atoms with van der Waals surface area (Å²) in [6.07, 6.45) is 4.31. The third kappa shape index (κ3) is 2.96. The summed E-state index contributed by atoms with van der Waals surface area (Å²) < 4.78 is 5.14. The Labute approximate surface area is 127 Å². The van der Waals surface area contributed by atoms with Crippen molar-refractivity contribution >= 4 is 34.2 Å². The number of carbonyl (C=O) groups is 1. The second-order valence-corrected chi connectivity index (χ2v) is 7.46. The van der Waals surface area contributed by atoms with E-state index in [9.17, 15) is 4.79 Å². The molecule has 1 aromatic rings. The van der Waals surface area contributed by atoms with Crippen molar-refractivity contribution in [1.29, 1.82) is 0 Å². The Morgan fingerprint density at radius 1 is 1.50 bits per heavy atom. The highest BCUT2D eigenvalue weighted by Gasteiger charge is 2.33. The van der Waals surface area contributed by atoms with E-state index >= 15 is 0 Å². The van der Waals surface area contributed by atoms with Gasteiger partial charge in [-0.1, -0.05) is 0 Å². The summed E-state index contributed by atoms with van der Waals surface area (Å²) >= 11 is 3.72. The fourth-order valence-corrected chi connectivity index (χ4v) is 4.98. The fourth-order valence-electron chi connectivity index (χ4n) is 2.79. The lowest BCUT2D eigenvalue weighted by atomic mass is 10.1. The topological polar surface area (TPSA) is 51.2 Å². The first-order chi connectivity index (χ1) is 9.78. The number of esters is 1. The van der Waals surface area contributed by atoms with Gasteiger partial charge in [0.25, 0.3) is 0 Å². The van der Waals surface area contributed by atoms with Gasteiger partial charge >= 0.3 is 5.97 Å². The average Bonchev–Trinajstić information content (AvgIpc) is 2.99. The Kier molecular flexibility index (Phi) is 4.51. The zero-order valence-electron chi connectivity index (χ0n) is 11.7. The lowest BCUT2D eigenvalue weighted by molar-refractivity contribution is -0.145. The minimum absolute atomic E-state index is 0.115. The maximum absolute atomic E-state index is 11.9. The van der Waals surface area contributed by atoms with E-state index in [1.807, 2.05) is 18.7 Å². The van der Waals surface area contributed by atoms with E-state index in [2.05, 4.69) is 10.3 Å². The summed E-state index contributed by atoms with van der Waals surface area (Å²) in [7, 11) is 0. The lowest BCUT2D eigenvalue weighted by Crippen LogP contribution is -2.25. The lowest BCUT2D eigenvalue weighted by Gasteiger charge is -2.22. The third-order valence-electron chi connectivity index (χ3n) is 3.78. The first kappa shape index (κ1) is 14.2. The van der Waals surface area contributed by atoms with Gasteiger partial charge in [-0.2, -0.15) is 11.8 Å². The Balaban J connectivity index is 1.68. The summed E-state index contributed by atoms with van der Waals surface area (Å²) in [5.74, 6) is 2.18. The molecule has 0 bridgehead atoms. The van der Waals surface area contributed by atoms with Gasteiger partial charge in [-0.3, -0.25) is 4.79 Å². The molecule has 1 fully saturated rings. The number of nitrogens with zero attached hydrogens (tertiary/aromatic N) is 1. The molecule has 0 spiro atoms. The highest BCUT2D eigenvalue weighted by Crippen LogP contribution is 2.39. The SMILES string of the molecule is CCOC(=O)C1CCc2sc(NC3CCCSC3)nc21. The van der Waals surface area contributed by atoms with Gasteiger partial charge in [0.05, 0.1) is 12.3 Å². The molecule has 2 atom stereocenters. The van der Waals surface area contributed by atoms with Gasteiger partial charge in [0.1, 0.15) is 5.92 Å². The number of hydrogen-bond acceptors (Lipinski definition) is 6. The minimum Gasteiger partial charge on any atom is -0.465 e. The summed E-state index contributed by atoms with van der Waals surface area (Å²) in [5, 5.41) is 4.52. The number of rotatable bonds is 4. The van der Waals surface area contributed by atoms with E-state index in [-0.39, 0.29) is 11.9 Å². The largest absolute Gasteiger partial charge is 0.465 e. The molecule has 20 heavy (non-hydrogen) atoms. The summed E-state index contributed by atoms with van der Waals surface area (Å²) in [4.78, 5) is 17.9. The van der Waals surface area contributed by atoms with Crippen molar-refractivity contribution in [3.8, 4) is 0 Å². The van der Waals surface area contributed by atoms with E-state index in [0.717, 1.165) is 29.4 Å². The van der Waals surface area contributed by atoms with Crippen LogP contribution in [0.15, 0.2) is 0 Å². The van der Waals surface area contributed by atoms with Crippen LogP contribution in [0, 0.1) is 0 Å². The second kappa shape index (κ2) is 6.35. The predicted octanol–water partition coefficient (Wildman–Crippen LogP) is 3.04. The number of fused-ring (bicyclic) bond motifs is 1. The molecule has 1 aliphatic heterocycles. The molecule has 110 valence electrons. The minimum atomic E-state index is -0.141. The van der Waals surface area contributed by atoms with Gasteiger partial charge in [0, 0.05) is 16.7 Å². The Bertz CT molecular complexity index is 484. The van der Waals surface area contributed by atoms with Crippen LogP contribution in [0.1, 0.15) is 42.7 Å². The molecule has 2 aliphatic rings. The molecule has 2 unspecified atom stereocenters. The normalized spacial score (nSPS) is 25.2. The molecule has 1 N–H and O–H groups in total. The number of aryl methyl sites for hydroxylation is 1. The molecule has 1 aliphatic carbocycles. The van der Waals surface area contributed by atoms with Crippen molar-refractivity contribution in [2.45, 2.75) is 44.6 Å². The number of nitrogens with one attached hydrogen (secondary N) is 1. The maximum atomic E-state index is 11.9. The Morgan fingerprint density at radius 3 is 3.15 bits per heavy atom. The molecule has 2 heterocycles. The number of thioether (sulfide) groups is 1. The molecule has 1 aromatic heterocycles. The van der Waals surface area contributed by atoms with Crippen molar-refractivity contribution in [2.24, 2.45) is 0 Å². The summed E-state index contributed by atoms with van der Waals surface area (Å²) in [6.45, 7) is 2.29. The molecule has 3 rings (SSSR count). The smallest absolute Gasteiger partial charge is 0.315 e. The Hall–Kier alpha value is -0.750. The second-order valence-electron chi connectivity index (χ2n) is 5.23. The molecule has 0 saturated carbocycles. The molecule has 0 amide bonds. The van der Waals surface area contributed by atoms with Gasteiger partial charge in [0.2, 0.25) is 0 Å². The third-order valence-corrected chi connectivity index (χ3v) is 6.05. The number of thiazole rings is 1. The maximum Gasteiger partial charge on any atom is 0.315 e. The van der Waals surface area contributed by atoms with Crippen LogP contribution in [0.3, 0.4) is 0 Å². The molecule has 0 aromatic carbocycles. The van der Waals surface area contributed by atoms with Crippen LogP contribution in [0.4, 0.5) is 5.13 Å². The average molecular weight is 312 g/mol. The Morgan fingerprint density at radius 2 is 2.40 bits per heavy atom. The van der Waals surface area contributed by atoms with Crippen LogP contribution in [0.2, 0.25) is 0 Å². The van der Waals surface area contributed by atoms with Gasteiger partial charge in [0.15, 0.2) is 5.13 Å². The summed E-state index contributed by atoms with van der Waals surface area (Å²) in [5.41, 5.74) is 0.958. The van der Waals surface area contributed by atoms with Crippen molar-refractivity contribution in [3.05, 3.63) is 10.6 Å². The van der Waals surface area contributed by atoms with E-state index in [0.29, 0.717) is 12.6 Å².